The second-order valence-corrected chi connectivity index (χ2v) is 5.04. The van der Waals surface area contributed by atoms with Gasteiger partial charge >= 0.3 is 0 Å². The van der Waals surface area contributed by atoms with E-state index in [9.17, 15) is 4.79 Å². The highest BCUT2D eigenvalue weighted by Gasteiger charge is 2.46. The number of rotatable bonds is 6. The normalized spacial score (nSPS) is 24.0. The molecule has 0 spiro atoms. The van der Waals surface area contributed by atoms with Crippen molar-refractivity contribution < 1.29 is 9.53 Å². The molecule has 15 heavy (non-hydrogen) atoms. The standard InChI is InChI=1S/C13H22O2/c1-10(6-5-7-11(2)14)8-9-12-13(3,4)15-12/h6,12H,5,7-9H2,1-4H3/b10-6+. The van der Waals surface area contributed by atoms with Crippen LogP contribution in [0.5, 0.6) is 0 Å². The van der Waals surface area contributed by atoms with Crippen LogP contribution in [0.25, 0.3) is 0 Å². The monoisotopic (exact) mass is 210 g/mol. The maximum atomic E-state index is 10.7. The molecule has 0 radical (unpaired) electrons. The van der Waals surface area contributed by atoms with E-state index in [0.717, 1.165) is 19.3 Å². The van der Waals surface area contributed by atoms with Crippen molar-refractivity contribution in [2.75, 3.05) is 0 Å². The molecule has 1 rings (SSSR count). The molecule has 0 saturated carbocycles. The van der Waals surface area contributed by atoms with Gasteiger partial charge < -0.3 is 9.53 Å². The van der Waals surface area contributed by atoms with Crippen LogP contribution in [0.4, 0.5) is 0 Å². The second kappa shape index (κ2) is 4.93. The Hall–Kier alpha value is -0.630. The fraction of sp³-hybridized carbons (Fsp3) is 0.769. The van der Waals surface area contributed by atoms with Gasteiger partial charge in [0.05, 0.1) is 11.7 Å². The summed E-state index contributed by atoms with van der Waals surface area (Å²) in [6, 6.07) is 0. The van der Waals surface area contributed by atoms with E-state index in [-0.39, 0.29) is 11.4 Å². The van der Waals surface area contributed by atoms with Crippen molar-refractivity contribution in [1.82, 2.24) is 0 Å². The van der Waals surface area contributed by atoms with Crippen LogP contribution < -0.4 is 0 Å². The zero-order chi connectivity index (χ0) is 11.5. The Bertz CT molecular complexity index is 264. The molecule has 1 aliphatic rings. The minimum absolute atomic E-state index is 0.111. The lowest BCUT2D eigenvalue weighted by Gasteiger charge is -2.00. The van der Waals surface area contributed by atoms with E-state index in [0.29, 0.717) is 12.5 Å². The number of allylic oxidation sites excluding steroid dienone is 2. The molecule has 1 atom stereocenters. The van der Waals surface area contributed by atoms with Gasteiger partial charge in [0.2, 0.25) is 0 Å². The first-order chi connectivity index (χ1) is 6.92. The van der Waals surface area contributed by atoms with Crippen molar-refractivity contribution in [3.05, 3.63) is 11.6 Å². The number of carbonyl (C=O) groups excluding carboxylic acids is 1. The summed E-state index contributed by atoms with van der Waals surface area (Å²) in [5, 5.41) is 0. The van der Waals surface area contributed by atoms with E-state index >= 15 is 0 Å². The molecule has 0 aromatic rings. The molecule has 0 N–H and O–H groups in total. The fourth-order valence-corrected chi connectivity index (χ4v) is 1.72. The number of hydrogen-bond donors (Lipinski definition) is 0. The molecule has 1 heterocycles. The van der Waals surface area contributed by atoms with Crippen molar-refractivity contribution in [3.63, 3.8) is 0 Å². The summed E-state index contributed by atoms with van der Waals surface area (Å²) < 4.78 is 5.52. The zero-order valence-corrected chi connectivity index (χ0v) is 10.3. The lowest BCUT2D eigenvalue weighted by molar-refractivity contribution is -0.116. The Labute approximate surface area is 92.7 Å². The summed E-state index contributed by atoms with van der Waals surface area (Å²) >= 11 is 0. The van der Waals surface area contributed by atoms with Crippen LogP contribution in [0.1, 0.15) is 53.4 Å². The number of hydrogen-bond acceptors (Lipinski definition) is 2. The van der Waals surface area contributed by atoms with Crippen LogP contribution in [-0.4, -0.2) is 17.5 Å². The second-order valence-electron chi connectivity index (χ2n) is 5.04. The van der Waals surface area contributed by atoms with Crippen molar-refractivity contribution in [3.8, 4) is 0 Å². The molecule has 2 heteroatoms. The van der Waals surface area contributed by atoms with Crippen LogP contribution in [0.2, 0.25) is 0 Å². The third kappa shape index (κ3) is 4.61. The summed E-state index contributed by atoms with van der Waals surface area (Å²) in [6.45, 7) is 8.04. The Morgan fingerprint density at radius 3 is 2.40 bits per heavy atom. The lowest BCUT2D eigenvalue weighted by Crippen LogP contribution is -2.02. The highest BCUT2D eigenvalue weighted by molar-refractivity contribution is 5.75. The molecular weight excluding hydrogens is 188 g/mol. The largest absolute Gasteiger partial charge is 0.367 e. The van der Waals surface area contributed by atoms with Crippen molar-refractivity contribution in [2.45, 2.75) is 65.1 Å². The van der Waals surface area contributed by atoms with E-state index in [1.807, 2.05) is 0 Å². The van der Waals surface area contributed by atoms with Gasteiger partial charge in [0.15, 0.2) is 0 Å². The Morgan fingerprint density at radius 1 is 1.33 bits per heavy atom. The van der Waals surface area contributed by atoms with Crippen LogP contribution in [0, 0.1) is 0 Å². The van der Waals surface area contributed by atoms with Crippen LogP contribution >= 0.6 is 0 Å². The van der Waals surface area contributed by atoms with Gasteiger partial charge in [-0.3, -0.25) is 0 Å². The third-order valence-corrected chi connectivity index (χ3v) is 2.95. The van der Waals surface area contributed by atoms with Crippen molar-refractivity contribution >= 4 is 5.78 Å². The first-order valence-electron chi connectivity index (χ1n) is 5.74. The van der Waals surface area contributed by atoms with E-state index in [2.05, 4.69) is 26.8 Å². The molecule has 0 aliphatic carbocycles. The quantitative estimate of drug-likeness (QED) is 0.497. The highest BCUT2D eigenvalue weighted by atomic mass is 16.6. The van der Waals surface area contributed by atoms with Gasteiger partial charge in [0, 0.05) is 6.42 Å². The SMILES string of the molecule is CC(=O)CC/C=C(\C)CCC1OC1(C)C. The summed E-state index contributed by atoms with van der Waals surface area (Å²) in [7, 11) is 0. The molecule has 1 unspecified atom stereocenters. The minimum Gasteiger partial charge on any atom is -0.367 e. The van der Waals surface area contributed by atoms with Gasteiger partial charge in [-0.05, 0) is 47.0 Å². The summed E-state index contributed by atoms with van der Waals surface area (Å²) in [5.41, 5.74) is 1.49. The van der Waals surface area contributed by atoms with Crippen LogP contribution in [-0.2, 0) is 9.53 Å². The van der Waals surface area contributed by atoms with Gasteiger partial charge in [-0.2, -0.15) is 0 Å². The number of epoxide rings is 1. The average Bonchev–Trinajstić information content (AvgIpc) is 2.70. The fourth-order valence-electron chi connectivity index (χ4n) is 1.72. The predicted molar refractivity (Wildman–Crippen MR) is 61.9 cm³/mol. The molecular formula is C13H22O2. The van der Waals surface area contributed by atoms with Gasteiger partial charge in [0.1, 0.15) is 5.78 Å². The van der Waals surface area contributed by atoms with E-state index in [1.54, 1.807) is 6.92 Å². The number of carbonyl (C=O) groups is 1. The van der Waals surface area contributed by atoms with Crippen molar-refractivity contribution in [2.24, 2.45) is 0 Å². The maximum absolute atomic E-state index is 10.7. The number of Topliss-reactive ketones (excluding diaryl/α,β-unsaturated/α-hetero) is 1. The average molecular weight is 210 g/mol. The summed E-state index contributed by atoms with van der Waals surface area (Å²) in [6.07, 6.45) is 6.37. The molecule has 1 saturated heterocycles. The van der Waals surface area contributed by atoms with Gasteiger partial charge in [0.25, 0.3) is 0 Å². The zero-order valence-electron chi connectivity index (χ0n) is 10.3. The molecule has 0 aromatic carbocycles. The lowest BCUT2D eigenvalue weighted by atomic mass is 10.0. The van der Waals surface area contributed by atoms with Crippen LogP contribution in [0.3, 0.4) is 0 Å². The summed E-state index contributed by atoms with van der Waals surface area (Å²) in [5.74, 6) is 0.269. The van der Waals surface area contributed by atoms with E-state index in [1.165, 1.54) is 5.57 Å². The number of ketones is 1. The highest BCUT2D eigenvalue weighted by Crippen LogP contribution is 2.38. The molecule has 2 nitrogen and oxygen atoms in total. The first-order valence-corrected chi connectivity index (χ1v) is 5.74. The van der Waals surface area contributed by atoms with E-state index in [4.69, 9.17) is 4.74 Å². The minimum atomic E-state index is 0.111. The predicted octanol–water partition coefficient (Wildman–Crippen LogP) is 3.26. The third-order valence-electron chi connectivity index (χ3n) is 2.95. The Balaban J connectivity index is 2.13. The van der Waals surface area contributed by atoms with Gasteiger partial charge in [-0.1, -0.05) is 11.6 Å². The molecule has 1 fully saturated rings. The summed E-state index contributed by atoms with van der Waals surface area (Å²) in [4.78, 5) is 10.7. The van der Waals surface area contributed by atoms with E-state index < -0.39 is 0 Å². The first kappa shape index (κ1) is 12.4. The van der Waals surface area contributed by atoms with Crippen molar-refractivity contribution in [1.29, 1.82) is 0 Å². The molecule has 0 bridgehead atoms. The van der Waals surface area contributed by atoms with Gasteiger partial charge in [-0.25, -0.2) is 0 Å². The molecule has 1 aliphatic heterocycles. The maximum Gasteiger partial charge on any atom is 0.130 e. The molecule has 0 amide bonds. The molecule has 0 aromatic heterocycles. The smallest absolute Gasteiger partial charge is 0.130 e. The van der Waals surface area contributed by atoms with Crippen LogP contribution in [0.15, 0.2) is 11.6 Å². The molecule has 86 valence electrons. The Kier molecular flexibility index (Phi) is 4.09. The van der Waals surface area contributed by atoms with Gasteiger partial charge in [-0.15, -0.1) is 0 Å². The topological polar surface area (TPSA) is 29.6 Å². The Morgan fingerprint density at radius 2 is 1.93 bits per heavy atom. The number of ether oxygens (including phenoxy) is 1.